The fourth-order valence-electron chi connectivity index (χ4n) is 2.31. The van der Waals surface area contributed by atoms with E-state index in [-0.39, 0.29) is 24.2 Å². The van der Waals surface area contributed by atoms with Crippen LogP contribution in [0.2, 0.25) is 0 Å². The minimum Gasteiger partial charge on any atom is -0.497 e. The smallest absolute Gasteiger partial charge is 0.249 e. The van der Waals surface area contributed by atoms with Crippen LogP contribution in [0.1, 0.15) is 12.5 Å². The summed E-state index contributed by atoms with van der Waals surface area (Å²) in [4.78, 5) is 28.1. The summed E-state index contributed by atoms with van der Waals surface area (Å²) < 4.78 is 11.7. The molecule has 0 spiro atoms. The number of fused-ring (bicyclic) bond motifs is 1. The zero-order valence-corrected chi connectivity index (χ0v) is 12.6. The number of anilines is 2. The molecule has 120 valence electrons. The van der Waals surface area contributed by atoms with E-state index < -0.39 is 6.04 Å². The van der Waals surface area contributed by atoms with Gasteiger partial charge in [-0.1, -0.05) is 0 Å². The van der Waals surface area contributed by atoms with E-state index in [1.807, 2.05) is 0 Å². The number of methoxy groups -OCH3 is 2. The zero-order chi connectivity index (χ0) is 16.4. The Balaban J connectivity index is 1.84. The summed E-state index contributed by atoms with van der Waals surface area (Å²) >= 11 is 0. The van der Waals surface area contributed by atoms with Gasteiger partial charge in [0.05, 0.1) is 20.6 Å². The molecule has 2 aromatic rings. The number of carbonyl (C=O) groups excluding carboxylic acids is 2. The summed E-state index contributed by atoms with van der Waals surface area (Å²) in [5.41, 5.74) is 0.499. The molecule has 2 amide bonds. The predicted octanol–water partition coefficient (Wildman–Crippen LogP) is 0.817. The predicted molar refractivity (Wildman–Crippen MR) is 80.5 cm³/mol. The van der Waals surface area contributed by atoms with Crippen LogP contribution >= 0.6 is 0 Å². The van der Waals surface area contributed by atoms with Crippen LogP contribution in [0.3, 0.4) is 0 Å². The van der Waals surface area contributed by atoms with Gasteiger partial charge in [-0.3, -0.25) is 14.9 Å². The van der Waals surface area contributed by atoms with Gasteiger partial charge in [-0.15, -0.1) is 0 Å². The summed E-state index contributed by atoms with van der Waals surface area (Å²) in [7, 11) is 3.04. The zero-order valence-electron chi connectivity index (χ0n) is 12.6. The van der Waals surface area contributed by atoms with Gasteiger partial charge in [0.25, 0.3) is 0 Å². The third-order valence-electron chi connectivity index (χ3n) is 3.42. The Labute approximate surface area is 131 Å². The van der Waals surface area contributed by atoms with Crippen molar-refractivity contribution in [2.45, 2.75) is 12.5 Å². The number of nitrogens with one attached hydrogen (secondary N) is 2. The molecule has 2 N–H and O–H groups in total. The first-order chi connectivity index (χ1) is 11.1. The Morgan fingerprint density at radius 3 is 2.65 bits per heavy atom. The maximum atomic E-state index is 12.5. The average molecular weight is 317 g/mol. The molecule has 1 atom stereocenters. The SMILES string of the molecule is COc1cc(NC(=O)C2CC(=O)Nc3ncnn32)cc(OC)c1. The van der Waals surface area contributed by atoms with Crippen molar-refractivity contribution in [3.05, 3.63) is 24.5 Å². The van der Waals surface area contributed by atoms with Gasteiger partial charge in [0, 0.05) is 23.9 Å². The lowest BCUT2D eigenvalue weighted by atomic mass is 10.1. The molecular weight excluding hydrogens is 302 g/mol. The van der Waals surface area contributed by atoms with E-state index in [1.165, 1.54) is 25.2 Å². The van der Waals surface area contributed by atoms with E-state index >= 15 is 0 Å². The van der Waals surface area contributed by atoms with Gasteiger partial charge in [0.1, 0.15) is 23.9 Å². The normalized spacial score (nSPS) is 16.3. The van der Waals surface area contributed by atoms with E-state index in [2.05, 4.69) is 20.7 Å². The van der Waals surface area contributed by atoms with Crippen LogP contribution < -0.4 is 20.1 Å². The van der Waals surface area contributed by atoms with Crippen LogP contribution in [0.15, 0.2) is 24.5 Å². The first kappa shape index (κ1) is 14.8. The van der Waals surface area contributed by atoms with Crippen molar-refractivity contribution < 1.29 is 19.1 Å². The van der Waals surface area contributed by atoms with E-state index in [0.717, 1.165) is 0 Å². The number of benzene rings is 1. The van der Waals surface area contributed by atoms with E-state index in [9.17, 15) is 9.59 Å². The van der Waals surface area contributed by atoms with Crippen molar-refractivity contribution in [3.63, 3.8) is 0 Å². The number of ether oxygens (including phenoxy) is 2. The highest BCUT2D eigenvalue weighted by Crippen LogP contribution is 2.28. The molecule has 23 heavy (non-hydrogen) atoms. The number of aromatic nitrogens is 3. The quantitative estimate of drug-likeness (QED) is 0.864. The van der Waals surface area contributed by atoms with Gasteiger partial charge in [0.2, 0.25) is 17.8 Å². The van der Waals surface area contributed by atoms with E-state index in [4.69, 9.17) is 9.47 Å². The molecule has 1 aromatic heterocycles. The third-order valence-corrected chi connectivity index (χ3v) is 3.42. The topological polar surface area (TPSA) is 107 Å². The first-order valence-electron chi connectivity index (χ1n) is 6.84. The number of nitrogens with zero attached hydrogens (tertiary/aromatic N) is 3. The molecule has 3 rings (SSSR count). The molecule has 0 saturated heterocycles. The summed E-state index contributed by atoms with van der Waals surface area (Å²) in [5.74, 6) is 0.686. The minimum absolute atomic E-state index is 0.0106. The lowest BCUT2D eigenvalue weighted by molar-refractivity contribution is -0.125. The Morgan fingerprint density at radius 1 is 1.30 bits per heavy atom. The third kappa shape index (κ3) is 2.93. The standard InChI is InChI=1S/C14H15N5O4/c1-22-9-3-8(4-10(5-9)23-2)17-13(21)11-6-12(20)18-14-15-7-16-19(11)14/h3-5,7,11H,6H2,1-2H3,(H,17,21)(H,15,16,18,20). The monoisotopic (exact) mass is 317 g/mol. The molecule has 0 radical (unpaired) electrons. The highest BCUT2D eigenvalue weighted by atomic mass is 16.5. The van der Waals surface area contributed by atoms with Gasteiger partial charge in [0.15, 0.2) is 0 Å². The second kappa shape index (κ2) is 5.95. The fraction of sp³-hybridized carbons (Fsp3) is 0.286. The van der Waals surface area contributed by atoms with Crippen molar-refractivity contribution in [1.82, 2.24) is 14.8 Å². The van der Waals surface area contributed by atoms with Crippen molar-refractivity contribution in [1.29, 1.82) is 0 Å². The van der Waals surface area contributed by atoms with Gasteiger partial charge in [-0.25, -0.2) is 4.68 Å². The Kier molecular flexibility index (Phi) is 3.83. The first-order valence-corrected chi connectivity index (χ1v) is 6.84. The molecule has 1 aliphatic rings. The van der Waals surface area contributed by atoms with Crippen LogP contribution in [0.25, 0.3) is 0 Å². The second-order valence-corrected chi connectivity index (χ2v) is 4.89. The minimum atomic E-state index is -0.765. The average Bonchev–Trinajstić information content (AvgIpc) is 3.01. The summed E-state index contributed by atoms with van der Waals surface area (Å²) in [6, 6.07) is 4.24. The lowest BCUT2D eigenvalue weighted by Gasteiger charge is -2.22. The van der Waals surface area contributed by atoms with Crippen LogP contribution in [0.4, 0.5) is 11.6 Å². The molecule has 0 aliphatic carbocycles. The molecular formula is C14H15N5O4. The van der Waals surface area contributed by atoms with Gasteiger partial charge < -0.3 is 14.8 Å². The Bertz CT molecular complexity index is 735. The van der Waals surface area contributed by atoms with Crippen LogP contribution in [0.5, 0.6) is 11.5 Å². The largest absolute Gasteiger partial charge is 0.497 e. The molecule has 1 aromatic carbocycles. The van der Waals surface area contributed by atoms with E-state index in [0.29, 0.717) is 17.2 Å². The molecule has 1 unspecified atom stereocenters. The van der Waals surface area contributed by atoms with Crippen molar-refractivity contribution in [2.24, 2.45) is 0 Å². The summed E-state index contributed by atoms with van der Waals surface area (Å²) in [6.45, 7) is 0. The highest BCUT2D eigenvalue weighted by Gasteiger charge is 2.32. The molecule has 9 nitrogen and oxygen atoms in total. The number of hydrogen-bond donors (Lipinski definition) is 2. The van der Waals surface area contributed by atoms with Crippen LogP contribution in [-0.4, -0.2) is 40.8 Å². The summed E-state index contributed by atoms with van der Waals surface area (Å²) in [6.07, 6.45) is 1.28. The summed E-state index contributed by atoms with van der Waals surface area (Å²) in [5, 5.41) is 9.28. The Hall–Kier alpha value is -3.10. The van der Waals surface area contributed by atoms with Crippen LogP contribution in [-0.2, 0) is 9.59 Å². The highest BCUT2D eigenvalue weighted by molar-refractivity contribution is 6.00. The molecule has 9 heteroatoms. The van der Waals surface area contributed by atoms with Crippen molar-refractivity contribution in [3.8, 4) is 11.5 Å². The lowest BCUT2D eigenvalue weighted by Crippen LogP contribution is -2.36. The van der Waals surface area contributed by atoms with E-state index in [1.54, 1.807) is 18.2 Å². The van der Waals surface area contributed by atoms with Gasteiger partial charge in [-0.05, 0) is 0 Å². The number of hydrogen-bond acceptors (Lipinski definition) is 6. The number of rotatable bonds is 4. The van der Waals surface area contributed by atoms with Gasteiger partial charge in [-0.2, -0.15) is 10.1 Å². The molecule has 0 bridgehead atoms. The maximum absolute atomic E-state index is 12.5. The Morgan fingerprint density at radius 2 is 2.00 bits per heavy atom. The van der Waals surface area contributed by atoms with Gasteiger partial charge >= 0.3 is 0 Å². The molecule has 0 saturated carbocycles. The van der Waals surface area contributed by atoms with Crippen molar-refractivity contribution in [2.75, 3.05) is 24.9 Å². The number of amides is 2. The molecule has 1 aliphatic heterocycles. The fourth-order valence-corrected chi connectivity index (χ4v) is 2.31. The number of carbonyl (C=O) groups is 2. The van der Waals surface area contributed by atoms with Crippen LogP contribution in [0, 0.1) is 0 Å². The maximum Gasteiger partial charge on any atom is 0.249 e. The molecule has 0 fully saturated rings. The van der Waals surface area contributed by atoms with Crippen molar-refractivity contribution >= 4 is 23.5 Å². The second-order valence-electron chi connectivity index (χ2n) is 4.89. The molecule has 2 heterocycles.